The molecule has 1 aliphatic heterocycles. The molecule has 3 rings (SSSR count). The number of carbonyl (C=O) groups is 1. The Morgan fingerprint density at radius 3 is 2.83 bits per heavy atom. The molecule has 18 heavy (non-hydrogen) atoms. The van der Waals surface area contributed by atoms with Crippen LogP contribution in [0.3, 0.4) is 0 Å². The first kappa shape index (κ1) is 12.4. The van der Waals surface area contributed by atoms with Crippen molar-refractivity contribution in [2.75, 3.05) is 11.9 Å². The summed E-state index contributed by atoms with van der Waals surface area (Å²) in [5.41, 5.74) is 2.01. The number of hydrogen-bond donors (Lipinski definition) is 1. The Labute approximate surface area is 106 Å². The van der Waals surface area contributed by atoms with Gasteiger partial charge in [0.05, 0.1) is 5.52 Å². The van der Waals surface area contributed by atoms with Gasteiger partial charge in [0.25, 0.3) is 5.91 Å². The maximum atomic E-state index is 11.2. The second-order valence-electron chi connectivity index (χ2n) is 3.87. The minimum absolute atomic E-state index is 0.0616. The summed E-state index contributed by atoms with van der Waals surface area (Å²) in [6.07, 6.45) is 0. The molecule has 1 aromatic heterocycles. The molecular formula is C14H16N2O2. The maximum Gasteiger partial charge on any atom is 0.263 e. The van der Waals surface area contributed by atoms with Gasteiger partial charge < -0.3 is 10.1 Å². The van der Waals surface area contributed by atoms with Crippen molar-refractivity contribution in [1.29, 1.82) is 0 Å². The fourth-order valence-corrected chi connectivity index (χ4v) is 1.77. The van der Waals surface area contributed by atoms with Crippen LogP contribution in [0.5, 0.6) is 5.75 Å². The average molecular weight is 244 g/mol. The molecule has 4 heteroatoms. The van der Waals surface area contributed by atoms with Crippen LogP contribution in [0.15, 0.2) is 24.3 Å². The Balaban J connectivity index is 0.000000574. The highest BCUT2D eigenvalue weighted by molar-refractivity contribution is 5.96. The molecule has 0 bridgehead atoms. The van der Waals surface area contributed by atoms with E-state index in [0.29, 0.717) is 11.6 Å². The van der Waals surface area contributed by atoms with Crippen LogP contribution in [-0.2, 0) is 4.79 Å². The lowest BCUT2D eigenvalue weighted by Gasteiger charge is -2.17. The third-order valence-electron chi connectivity index (χ3n) is 2.55. The lowest BCUT2D eigenvalue weighted by molar-refractivity contribution is -0.118. The molecule has 1 amide bonds. The second kappa shape index (κ2) is 5.04. The first-order valence-electron chi connectivity index (χ1n) is 6.06. The number of carbonyl (C=O) groups excluding carboxylic acids is 1. The highest BCUT2D eigenvalue weighted by atomic mass is 16.5. The van der Waals surface area contributed by atoms with Gasteiger partial charge in [0.15, 0.2) is 18.2 Å². The van der Waals surface area contributed by atoms with E-state index in [1.54, 1.807) is 0 Å². The SMILES string of the molecule is CC.Cc1ccc2cc3c(nc2c1)NC(=O)CO3. The Hall–Kier alpha value is -2.10. The summed E-state index contributed by atoms with van der Waals surface area (Å²) in [5.74, 6) is 0.984. The quantitative estimate of drug-likeness (QED) is 0.775. The number of rotatable bonds is 0. The van der Waals surface area contributed by atoms with E-state index in [2.05, 4.69) is 10.3 Å². The Kier molecular flexibility index (Phi) is 3.46. The number of anilines is 1. The smallest absolute Gasteiger partial charge is 0.263 e. The van der Waals surface area contributed by atoms with Crippen molar-refractivity contribution in [1.82, 2.24) is 4.98 Å². The highest BCUT2D eigenvalue weighted by Crippen LogP contribution is 2.29. The summed E-state index contributed by atoms with van der Waals surface area (Å²) in [6, 6.07) is 7.91. The zero-order valence-corrected chi connectivity index (χ0v) is 10.8. The summed E-state index contributed by atoms with van der Waals surface area (Å²) >= 11 is 0. The number of hydrogen-bond acceptors (Lipinski definition) is 3. The summed E-state index contributed by atoms with van der Waals surface area (Å²) in [4.78, 5) is 15.5. The summed E-state index contributed by atoms with van der Waals surface area (Å²) in [5, 5.41) is 3.71. The van der Waals surface area contributed by atoms with Crippen LogP contribution < -0.4 is 10.1 Å². The molecule has 2 heterocycles. The zero-order chi connectivity index (χ0) is 13.1. The summed E-state index contributed by atoms with van der Waals surface area (Å²) < 4.78 is 5.30. The van der Waals surface area contributed by atoms with Crippen molar-refractivity contribution in [2.24, 2.45) is 0 Å². The number of aryl methyl sites for hydroxylation is 1. The lowest BCUT2D eigenvalue weighted by atomic mass is 10.1. The van der Waals surface area contributed by atoms with E-state index in [1.807, 2.05) is 45.0 Å². The largest absolute Gasteiger partial charge is 0.480 e. The fraction of sp³-hybridized carbons (Fsp3) is 0.286. The van der Waals surface area contributed by atoms with Gasteiger partial charge in [-0.25, -0.2) is 4.98 Å². The minimum Gasteiger partial charge on any atom is -0.480 e. The highest BCUT2D eigenvalue weighted by Gasteiger charge is 2.17. The monoisotopic (exact) mass is 244 g/mol. The van der Waals surface area contributed by atoms with Gasteiger partial charge in [-0.2, -0.15) is 0 Å². The van der Waals surface area contributed by atoms with Crippen molar-refractivity contribution < 1.29 is 9.53 Å². The summed E-state index contributed by atoms with van der Waals surface area (Å²) in [7, 11) is 0. The van der Waals surface area contributed by atoms with Gasteiger partial charge in [0.1, 0.15) is 0 Å². The number of ether oxygens (including phenoxy) is 1. The molecule has 0 saturated heterocycles. The number of nitrogens with zero attached hydrogens (tertiary/aromatic N) is 1. The maximum absolute atomic E-state index is 11.2. The molecule has 0 fully saturated rings. The number of nitrogens with one attached hydrogen (secondary N) is 1. The van der Waals surface area contributed by atoms with Gasteiger partial charge in [-0.3, -0.25) is 4.79 Å². The van der Waals surface area contributed by atoms with Crippen molar-refractivity contribution in [3.05, 3.63) is 29.8 Å². The topological polar surface area (TPSA) is 51.2 Å². The van der Waals surface area contributed by atoms with E-state index in [0.717, 1.165) is 16.5 Å². The van der Waals surface area contributed by atoms with Crippen LogP contribution in [0.25, 0.3) is 10.9 Å². The number of pyridine rings is 1. The van der Waals surface area contributed by atoms with Gasteiger partial charge in [0, 0.05) is 5.39 Å². The van der Waals surface area contributed by atoms with Crippen LogP contribution in [0.2, 0.25) is 0 Å². The zero-order valence-electron chi connectivity index (χ0n) is 10.8. The van der Waals surface area contributed by atoms with Crippen molar-refractivity contribution in [3.63, 3.8) is 0 Å². The lowest BCUT2D eigenvalue weighted by Crippen LogP contribution is -2.26. The van der Waals surface area contributed by atoms with Crippen molar-refractivity contribution >= 4 is 22.6 Å². The molecule has 4 nitrogen and oxygen atoms in total. The van der Waals surface area contributed by atoms with E-state index >= 15 is 0 Å². The molecule has 1 aliphatic rings. The van der Waals surface area contributed by atoms with Gasteiger partial charge in [-0.05, 0) is 24.6 Å². The van der Waals surface area contributed by atoms with E-state index in [4.69, 9.17) is 4.74 Å². The van der Waals surface area contributed by atoms with Gasteiger partial charge in [-0.15, -0.1) is 0 Å². The van der Waals surface area contributed by atoms with Gasteiger partial charge in [-0.1, -0.05) is 26.0 Å². The van der Waals surface area contributed by atoms with E-state index in [-0.39, 0.29) is 12.5 Å². The standard InChI is InChI=1S/C12H10N2O2.C2H6/c1-7-2-3-8-5-10-12(13-9(8)4-7)14-11(15)6-16-10;1-2/h2-5H,6H2,1H3,(H,13,14,15);1-2H3. The number of aromatic nitrogens is 1. The van der Waals surface area contributed by atoms with Crippen LogP contribution in [-0.4, -0.2) is 17.5 Å². The predicted octanol–water partition coefficient (Wildman–Crippen LogP) is 2.90. The van der Waals surface area contributed by atoms with Crippen LogP contribution in [0.4, 0.5) is 5.82 Å². The molecule has 94 valence electrons. The Bertz CT molecular complexity index is 594. The Morgan fingerprint density at radius 2 is 2.06 bits per heavy atom. The molecule has 1 aromatic carbocycles. The third kappa shape index (κ3) is 2.27. The molecule has 0 radical (unpaired) electrons. The number of amides is 1. The van der Waals surface area contributed by atoms with Crippen LogP contribution >= 0.6 is 0 Å². The second-order valence-corrected chi connectivity index (χ2v) is 3.87. The van der Waals surface area contributed by atoms with Gasteiger partial charge in [0.2, 0.25) is 0 Å². The average Bonchev–Trinajstić information content (AvgIpc) is 2.38. The number of fused-ring (bicyclic) bond motifs is 2. The first-order chi connectivity index (χ1) is 8.72. The molecule has 0 atom stereocenters. The van der Waals surface area contributed by atoms with E-state index in [1.165, 1.54) is 0 Å². The Morgan fingerprint density at radius 1 is 1.28 bits per heavy atom. The van der Waals surface area contributed by atoms with E-state index in [9.17, 15) is 4.79 Å². The summed E-state index contributed by atoms with van der Waals surface area (Å²) in [6.45, 7) is 6.07. The van der Waals surface area contributed by atoms with Crippen LogP contribution in [0.1, 0.15) is 19.4 Å². The predicted molar refractivity (Wildman–Crippen MR) is 72.0 cm³/mol. The molecular weight excluding hydrogens is 228 g/mol. The molecule has 0 unspecified atom stereocenters. The molecule has 1 N–H and O–H groups in total. The fourth-order valence-electron chi connectivity index (χ4n) is 1.77. The number of benzene rings is 1. The minimum atomic E-state index is -0.160. The molecule has 0 saturated carbocycles. The van der Waals surface area contributed by atoms with Crippen molar-refractivity contribution in [3.8, 4) is 5.75 Å². The third-order valence-corrected chi connectivity index (χ3v) is 2.55. The van der Waals surface area contributed by atoms with Crippen LogP contribution in [0, 0.1) is 6.92 Å². The van der Waals surface area contributed by atoms with E-state index < -0.39 is 0 Å². The van der Waals surface area contributed by atoms with Crippen molar-refractivity contribution in [2.45, 2.75) is 20.8 Å². The normalized spacial score (nSPS) is 12.9. The first-order valence-corrected chi connectivity index (χ1v) is 6.06. The molecule has 0 spiro atoms. The van der Waals surface area contributed by atoms with Gasteiger partial charge >= 0.3 is 0 Å². The molecule has 0 aliphatic carbocycles. The molecule has 2 aromatic rings.